The van der Waals surface area contributed by atoms with Crippen LogP contribution in [0.3, 0.4) is 0 Å². The molecule has 0 bridgehead atoms. The minimum Gasteiger partial charge on any atom is -0.378 e. The first-order valence-corrected chi connectivity index (χ1v) is 12.8. The molecule has 0 spiro atoms. The molecule has 1 saturated heterocycles. The van der Waals surface area contributed by atoms with Crippen LogP contribution < -0.4 is 4.90 Å². The van der Waals surface area contributed by atoms with Gasteiger partial charge in [0.1, 0.15) is 0 Å². The number of hydrogen-bond donors (Lipinski definition) is 0. The summed E-state index contributed by atoms with van der Waals surface area (Å²) in [5.74, 6) is 0. The zero-order valence-electron chi connectivity index (χ0n) is 19.4. The van der Waals surface area contributed by atoms with E-state index in [1.165, 1.54) is 26.6 Å². The van der Waals surface area contributed by atoms with Gasteiger partial charge in [0.25, 0.3) is 0 Å². The number of fused-ring (bicyclic) bond motifs is 2. The molecule has 0 aromatic heterocycles. The zero-order chi connectivity index (χ0) is 23.0. The van der Waals surface area contributed by atoms with Gasteiger partial charge in [0.15, 0.2) is 0 Å². The van der Waals surface area contributed by atoms with Gasteiger partial charge in [0, 0.05) is 60.0 Å². The van der Waals surface area contributed by atoms with Crippen molar-refractivity contribution >= 4 is 29.4 Å². The van der Waals surface area contributed by atoms with Crippen molar-refractivity contribution in [3.63, 3.8) is 0 Å². The van der Waals surface area contributed by atoms with Crippen LogP contribution in [0.4, 0.5) is 11.4 Å². The summed E-state index contributed by atoms with van der Waals surface area (Å²) >= 11 is 1.81. The van der Waals surface area contributed by atoms with Crippen molar-refractivity contribution in [2.24, 2.45) is 4.99 Å². The molecule has 176 valence electrons. The third kappa shape index (κ3) is 5.88. The van der Waals surface area contributed by atoms with Crippen molar-refractivity contribution in [3.8, 4) is 0 Å². The fourth-order valence-corrected chi connectivity index (χ4v) is 5.34. The predicted octanol–water partition coefficient (Wildman–Crippen LogP) is 5.26. The van der Waals surface area contributed by atoms with Gasteiger partial charge in [-0.3, -0.25) is 9.89 Å². The Bertz CT molecular complexity index is 1100. The van der Waals surface area contributed by atoms with Gasteiger partial charge >= 0.3 is 0 Å². The van der Waals surface area contributed by atoms with Gasteiger partial charge in [-0.15, -0.1) is 0 Å². The van der Waals surface area contributed by atoms with Crippen molar-refractivity contribution in [2.45, 2.75) is 16.4 Å². The van der Waals surface area contributed by atoms with E-state index in [4.69, 9.17) is 14.5 Å². The van der Waals surface area contributed by atoms with Crippen LogP contribution >= 0.6 is 11.8 Å². The molecule has 2 aliphatic rings. The smallest absolute Gasteiger partial charge is 0.0769 e. The zero-order valence-corrected chi connectivity index (χ0v) is 20.3. The number of piperazine rings is 1. The van der Waals surface area contributed by atoms with E-state index in [-0.39, 0.29) is 0 Å². The number of ether oxygens (including phenoxy) is 2. The summed E-state index contributed by atoms with van der Waals surface area (Å²) in [4.78, 5) is 12.2. The molecule has 6 heteroatoms. The maximum atomic E-state index is 5.80. The Morgan fingerprint density at radius 3 is 2.38 bits per heavy atom. The lowest BCUT2D eigenvalue weighted by molar-refractivity contribution is 0.0319. The van der Waals surface area contributed by atoms with Crippen LogP contribution in [-0.4, -0.2) is 63.7 Å². The largest absolute Gasteiger partial charge is 0.378 e. The highest BCUT2D eigenvalue weighted by atomic mass is 32.2. The average Bonchev–Trinajstić information content (AvgIpc) is 3.08. The molecule has 0 amide bonds. The Hall–Kier alpha value is -2.64. The number of para-hydroxylation sites is 1. The van der Waals surface area contributed by atoms with E-state index < -0.39 is 0 Å². The second-order valence-electron chi connectivity index (χ2n) is 8.50. The molecule has 3 aromatic carbocycles. The fourth-order valence-electron chi connectivity index (χ4n) is 4.32. The van der Waals surface area contributed by atoms with E-state index in [0.717, 1.165) is 45.0 Å². The summed E-state index contributed by atoms with van der Waals surface area (Å²) in [7, 11) is 0. The van der Waals surface area contributed by atoms with Crippen molar-refractivity contribution in [1.29, 1.82) is 0 Å². The molecule has 3 aromatic rings. The van der Waals surface area contributed by atoms with Crippen molar-refractivity contribution < 1.29 is 9.47 Å². The summed E-state index contributed by atoms with van der Waals surface area (Å²) in [6.07, 6.45) is 2.05. The lowest BCUT2D eigenvalue weighted by Gasteiger charge is -2.36. The van der Waals surface area contributed by atoms with Crippen LogP contribution in [0.2, 0.25) is 0 Å². The number of rotatable bonds is 9. The summed E-state index contributed by atoms with van der Waals surface area (Å²) < 4.78 is 11.5. The first-order chi connectivity index (χ1) is 16.9. The molecule has 0 atom stereocenters. The van der Waals surface area contributed by atoms with Crippen LogP contribution in [0.15, 0.2) is 87.6 Å². The van der Waals surface area contributed by atoms with E-state index in [1.807, 2.05) is 42.2 Å². The van der Waals surface area contributed by atoms with Crippen molar-refractivity contribution in [1.82, 2.24) is 4.90 Å². The molecular weight excluding hydrogens is 442 g/mol. The van der Waals surface area contributed by atoms with Gasteiger partial charge in [-0.1, -0.05) is 60.3 Å². The molecule has 1 fully saturated rings. The van der Waals surface area contributed by atoms with Crippen LogP contribution in [-0.2, 0) is 16.1 Å². The van der Waals surface area contributed by atoms with Gasteiger partial charge in [-0.05, 0) is 29.8 Å². The highest BCUT2D eigenvalue weighted by Gasteiger charge is 2.21. The molecule has 0 unspecified atom stereocenters. The molecule has 0 aliphatic carbocycles. The molecular formula is C28H31N3O2S. The van der Waals surface area contributed by atoms with E-state index >= 15 is 0 Å². The SMILES string of the molecule is C1=Nc2ccccc2Sc2cccc(N3CCN(CCOCCOCc4ccccc4)CC3)c21. The highest BCUT2D eigenvalue weighted by Crippen LogP contribution is 2.41. The minimum atomic E-state index is 0.630. The van der Waals surface area contributed by atoms with Crippen LogP contribution in [0, 0.1) is 0 Å². The first kappa shape index (κ1) is 23.1. The van der Waals surface area contributed by atoms with Gasteiger partial charge in [0.2, 0.25) is 0 Å². The fraction of sp³-hybridized carbons (Fsp3) is 0.321. The molecule has 0 saturated carbocycles. The van der Waals surface area contributed by atoms with Crippen molar-refractivity contribution in [3.05, 3.63) is 83.9 Å². The second kappa shape index (κ2) is 11.7. The van der Waals surface area contributed by atoms with Crippen LogP contribution in [0.25, 0.3) is 0 Å². The average molecular weight is 474 g/mol. The number of anilines is 1. The number of benzene rings is 3. The van der Waals surface area contributed by atoms with Crippen LogP contribution in [0.5, 0.6) is 0 Å². The molecule has 2 aliphatic heterocycles. The lowest BCUT2D eigenvalue weighted by Crippen LogP contribution is -2.47. The number of aliphatic imine (C=N–C) groups is 1. The second-order valence-corrected chi connectivity index (χ2v) is 9.58. The Kier molecular flexibility index (Phi) is 7.93. The normalized spacial score (nSPS) is 15.6. The lowest BCUT2D eigenvalue weighted by atomic mass is 10.1. The van der Waals surface area contributed by atoms with E-state index in [1.54, 1.807) is 0 Å². The maximum absolute atomic E-state index is 5.80. The first-order valence-electron chi connectivity index (χ1n) is 12.0. The monoisotopic (exact) mass is 473 g/mol. The quantitative estimate of drug-likeness (QED) is 0.310. The van der Waals surface area contributed by atoms with Crippen molar-refractivity contribution in [2.75, 3.05) is 57.4 Å². The Labute approximate surface area is 206 Å². The Balaban J connectivity index is 1.06. The van der Waals surface area contributed by atoms with Gasteiger partial charge in [0.05, 0.1) is 32.1 Å². The Morgan fingerprint density at radius 1 is 0.735 bits per heavy atom. The third-order valence-electron chi connectivity index (χ3n) is 6.21. The highest BCUT2D eigenvalue weighted by molar-refractivity contribution is 7.99. The number of hydrogen-bond acceptors (Lipinski definition) is 6. The minimum absolute atomic E-state index is 0.630. The predicted molar refractivity (Wildman–Crippen MR) is 140 cm³/mol. The molecule has 0 N–H and O–H groups in total. The van der Waals surface area contributed by atoms with E-state index in [9.17, 15) is 0 Å². The Morgan fingerprint density at radius 2 is 1.50 bits per heavy atom. The standard InChI is InChI=1S/C28H31N3O2S/c1-2-7-23(8-3-1)22-33-20-19-32-18-17-30-13-15-31(16-14-30)26-10-6-12-27-24(26)21-29-25-9-4-5-11-28(25)34-27/h1-12,21H,13-20,22H2. The molecule has 5 nitrogen and oxygen atoms in total. The summed E-state index contributed by atoms with van der Waals surface area (Å²) in [6.45, 7) is 7.75. The molecule has 0 radical (unpaired) electrons. The van der Waals surface area contributed by atoms with Gasteiger partial charge < -0.3 is 14.4 Å². The van der Waals surface area contributed by atoms with Crippen LogP contribution in [0.1, 0.15) is 11.1 Å². The third-order valence-corrected chi connectivity index (χ3v) is 7.35. The summed E-state index contributed by atoms with van der Waals surface area (Å²) in [5.41, 5.74) is 4.76. The molecule has 34 heavy (non-hydrogen) atoms. The summed E-state index contributed by atoms with van der Waals surface area (Å²) in [6, 6.07) is 25.2. The van der Waals surface area contributed by atoms with E-state index in [0.29, 0.717) is 19.8 Å². The van der Waals surface area contributed by atoms with E-state index in [2.05, 4.69) is 58.3 Å². The molecule has 2 heterocycles. The van der Waals surface area contributed by atoms with Gasteiger partial charge in [-0.25, -0.2) is 0 Å². The number of nitrogens with zero attached hydrogens (tertiary/aromatic N) is 3. The molecule has 5 rings (SSSR count). The topological polar surface area (TPSA) is 37.3 Å². The summed E-state index contributed by atoms with van der Waals surface area (Å²) in [5, 5.41) is 0. The maximum Gasteiger partial charge on any atom is 0.0769 e. The van der Waals surface area contributed by atoms with Gasteiger partial charge in [-0.2, -0.15) is 0 Å².